The van der Waals surface area contributed by atoms with Crippen molar-refractivity contribution in [2.45, 2.75) is 20.3 Å². The van der Waals surface area contributed by atoms with Crippen LogP contribution in [0.25, 0.3) is 44.6 Å². The molecule has 5 heterocycles. The summed E-state index contributed by atoms with van der Waals surface area (Å²) in [6.07, 6.45) is 8.59. The van der Waals surface area contributed by atoms with Crippen LogP contribution in [0.15, 0.2) is 73.4 Å². The highest BCUT2D eigenvalue weighted by molar-refractivity contribution is 6.07. The van der Waals surface area contributed by atoms with Crippen LogP contribution in [0.3, 0.4) is 0 Å². The van der Waals surface area contributed by atoms with Crippen LogP contribution in [0, 0.1) is 5.92 Å². The molecule has 2 amide bonds. The van der Waals surface area contributed by atoms with Gasteiger partial charge in [0.2, 0.25) is 5.91 Å². The Bertz CT molecular complexity index is 1860. The van der Waals surface area contributed by atoms with Crippen molar-refractivity contribution in [2.75, 3.05) is 10.6 Å². The normalized spacial score (nSPS) is 11.3. The van der Waals surface area contributed by atoms with Gasteiger partial charge >= 0.3 is 0 Å². The van der Waals surface area contributed by atoms with E-state index in [1.807, 2.05) is 38.1 Å². The summed E-state index contributed by atoms with van der Waals surface area (Å²) in [6, 6.07) is 12.9. The minimum atomic E-state index is -0.356. The number of imidazole rings is 1. The Morgan fingerprint density at radius 3 is 2.62 bits per heavy atom. The molecule has 0 radical (unpaired) electrons. The third-order valence-electron chi connectivity index (χ3n) is 6.28. The summed E-state index contributed by atoms with van der Waals surface area (Å²) < 4.78 is 0. The van der Waals surface area contributed by atoms with Crippen molar-refractivity contribution < 1.29 is 9.59 Å². The molecular weight excluding hydrogens is 506 g/mol. The summed E-state index contributed by atoms with van der Waals surface area (Å²) in [6.45, 7) is 4.01. The van der Waals surface area contributed by atoms with Gasteiger partial charge in [-0.3, -0.25) is 29.6 Å². The number of amides is 2. The highest BCUT2D eigenvalue weighted by Gasteiger charge is 2.17. The second-order valence-electron chi connectivity index (χ2n) is 9.78. The molecular formula is C29H25N9O2. The molecule has 5 aromatic heterocycles. The largest absolute Gasteiger partial charge is 0.335 e. The van der Waals surface area contributed by atoms with E-state index >= 15 is 0 Å². The third kappa shape index (κ3) is 4.99. The number of hydrogen-bond donors (Lipinski definition) is 4. The fourth-order valence-electron chi connectivity index (χ4n) is 4.44. The average molecular weight is 532 g/mol. The second kappa shape index (κ2) is 10.4. The van der Waals surface area contributed by atoms with Crippen molar-refractivity contribution in [1.82, 2.24) is 35.1 Å². The van der Waals surface area contributed by atoms with Crippen LogP contribution in [0.4, 0.5) is 11.4 Å². The Kier molecular flexibility index (Phi) is 6.44. The molecule has 0 aliphatic rings. The van der Waals surface area contributed by atoms with Gasteiger partial charge in [0.1, 0.15) is 16.9 Å². The van der Waals surface area contributed by atoms with E-state index in [-0.39, 0.29) is 17.7 Å². The third-order valence-corrected chi connectivity index (χ3v) is 6.28. The highest BCUT2D eigenvalue weighted by atomic mass is 16.2. The zero-order chi connectivity index (χ0) is 27.6. The van der Waals surface area contributed by atoms with Crippen molar-refractivity contribution in [1.29, 1.82) is 0 Å². The molecule has 0 aliphatic carbocycles. The van der Waals surface area contributed by atoms with E-state index < -0.39 is 0 Å². The number of aromatic nitrogens is 7. The molecule has 0 atom stereocenters. The molecule has 0 bridgehead atoms. The maximum atomic E-state index is 12.7. The maximum Gasteiger partial charge on any atom is 0.274 e. The van der Waals surface area contributed by atoms with Gasteiger partial charge in [0.05, 0.1) is 41.0 Å². The molecule has 40 heavy (non-hydrogen) atoms. The number of nitrogens with zero attached hydrogens (tertiary/aromatic N) is 5. The van der Waals surface area contributed by atoms with Crippen LogP contribution < -0.4 is 10.6 Å². The molecule has 198 valence electrons. The van der Waals surface area contributed by atoms with Gasteiger partial charge in [-0.05, 0) is 41.8 Å². The molecule has 11 nitrogen and oxygen atoms in total. The molecule has 0 saturated carbocycles. The molecule has 0 aliphatic heterocycles. The average Bonchev–Trinajstić information content (AvgIpc) is 3.57. The molecule has 0 spiro atoms. The number of H-pyrrole nitrogens is 2. The number of fused-ring (bicyclic) bond motifs is 2. The van der Waals surface area contributed by atoms with Crippen LogP contribution in [0.2, 0.25) is 0 Å². The molecule has 11 heteroatoms. The molecule has 6 aromatic rings. The number of pyridine rings is 3. The molecule has 4 N–H and O–H groups in total. The Labute approximate surface area is 228 Å². The summed E-state index contributed by atoms with van der Waals surface area (Å²) in [5.41, 5.74) is 5.79. The zero-order valence-corrected chi connectivity index (χ0v) is 21.8. The first-order valence-electron chi connectivity index (χ1n) is 12.7. The van der Waals surface area contributed by atoms with E-state index in [4.69, 9.17) is 4.98 Å². The van der Waals surface area contributed by atoms with Gasteiger partial charge in [0, 0.05) is 29.8 Å². The van der Waals surface area contributed by atoms with Gasteiger partial charge < -0.3 is 15.6 Å². The summed E-state index contributed by atoms with van der Waals surface area (Å²) in [5.74, 6) is 0.384. The van der Waals surface area contributed by atoms with Gasteiger partial charge in [0.25, 0.3) is 5.91 Å². The topological polar surface area (TPSA) is 154 Å². The Morgan fingerprint density at radius 1 is 0.925 bits per heavy atom. The Hall–Kier alpha value is -5.45. The number of nitrogens with one attached hydrogen (secondary N) is 4. The van der Waals surface area contributed by atoms with Crippen LogP contribution >= 0.6 is 0 Å². The zero-order valence-electron chi connectivity index (χ0n) is 21.8. The fourth-order valence-corrected chi connectivity index (χ4v) is 4.44. The number of hydrogen-bond acceptors (Lipinski definition) is 7. The van der Waals surface area contributed by atoms with E-state index in [1.54, 1.807) is 49.2 Å². The van der Waals surface area contributed by atoms with Crippen molar-refractivity contribution in [2.24, 2.45) is 5.92 Å². The summed E-state index contributed by atoms with van der Waals surface area (Å²) >= 11 is 0. The van der Waals surface area contributed by atoms with E-state index in [0.717, 1.165) is 22.0 Å². The van der Waals surface area contributed by atoms with E-state index in [1.165, 1.54) is 0 Å². The highest BCUT2D eigenvalue weighted by Crippen LogP contribution is 2.32. The summed E-state index contributed by atoms with van der Waals surface area (Å²) in [7, 11) is 0. The predicted molar refractivity (Wildman–Crippen MR) is 152 cm³/mol. The lowest BCUT2D eigenvalue weighted by Gasteiger charge is -2.09. The smallest absolute Gasteiger partial charge is 0.274 e. The van der Waals surface area contributed by atoms with Crippen molar-refractivity contribution in [3.63, 3.8) is 0 Å². The lowest BCUT2D eigenvalue weighted by Crippen LogP contribution is -2.13. The molecule has 0 unspecified atom stereocenters. The SMILES string of the molecule is CC(C)CC(=O)Nc1cncc(-c2ccc3[nH]nc(-c4nc5c(NC(=O)c6ccccn6)cncc5[nH]4)c3c2)c1. The van der Waals surface area contributed by atoms with Gasteiger partial charge in [-0.15, -0.1) is 0 Å². The number of anilines is 2. The predicted octanol–water partition coefficient (Wildman–Crippen LogP) is 5.20. The van der Waals surface area contributed by atoms with E-state index in [0.29, 0.717) is 46.0 Å². The lowest BCUT2D eigenvalue weighted by molar-refractivity contribution is -0.116. The number of carbonyl (C=O) groups excluding carboxylic acids is 2. The van der Waals surface area contributed by atoms with E-state index in [2.05, 4.69) is 40.8 Å². The molecule has 0 saturated heterocycles. The van der Waals surface area contributed by atoms with Gasteiger partial charge in [-0.25, -0.2) is 4.98 Å². The first kappa shape index (κ1) is 24.9. The Morgan fingerprint density at radius 2 is 1.80 bits per heavy atom. The first-order valence-corrected chi connectivity index (χ1v) is 12.7. The monoisotopic (exact) mass is 531 g/mol. The molecule has 6 rings (SSSR count). The van der Waals surface area contributed by atoms with Crippen molar-refractivity contribution in [3.05, 3.63) is 79.1 Å². The Balaban J connectivity index is 1.32. The number of carbonyl (C=O) groups is 2. The quantitative estimate of drug-likeness (QED) is 0.221. The standard InChI is InChI=1S/C29H25N9O2/c1-16(2)9-25(39)33-19-10-18(12-30-13-19)17-6-7-21-20(11-17)26(38-37-21)28-34-23-14-31-15-24(27(23)36-28)35-29(40)22-5-3-4-8-32-22/h3-8,10-16H,9H2,1-2H3,(H,33,39)(H,34,36)(H,35,40)(H,37,38). The lowest BCUT2D eigenvalue weighted by atomic mass is 10.0. The molecule has 0 fully saturated rings. The van der Waals surface area contributed by atoms with E-state index in [9.17, 15) is 9.59 Å². The van der Waals surface area contributed by atoms with Crippen LogP contribution in [-0.2, 0) is 4.79 Å². The maximum absolute atomic E-state index is 12.7. The number of benzene rings is 1. The first-order chi connectivity index (χ1) is 19.4. The van der Waals surface area contributed by atoms with Crippen molar-refractivity contribution >= 4 is 45.1 Å². The van der Waals surface area contributed by atoms with Crippen LogP contribution in [0.5, 0.6) is 0 Å². The number of rotatable bonds is 7. The summed E-state index contributed by atoms with van der Waals surface area (Å²) in [5, 5.41) is 14.2. The van der Waals surface area contributed by atoms with Gasteiger partial charge in [0.15, 0.2) is 5.82 Å². The van der Waals surface area contributed by atoms with Gasteiger partial charge in [-0.1, -0.05) is 26.0 Å². The minimum absolute atomic E-state index is 0.0449. The van der Waals surface area contributed by atoms with Crippen LogP contribution in [-0.4, -0.2) is 46.9 Å². The molecule has 1 aromatic carbocycles. The summed E-state index contributed by atoms with van der Waals surface area (Å²) in [4.78, 5) is 45.6. The fraction of sp³-hybridized carbons (Fsp3) is 0.138. The van der Waals surface area contributed by atoms with Crippen molar-refractivity contribution in [3.8, 4) is 22.6 Å². The van der Waals surface area contributed by atoms with Crippen LogP contribution in [0.1, 0.15) is 30.8 Å². The van der Waals surface area contributed by atoms with Gasteiger partial charge in [-0.2, -0.15) is 5.10 Å². The second-order valence-corrected chi connectivity index (χ2v) is 9.78. The number of aromatic amines is 2. The minimum Gasteiger partial charge on any atom is -0.335 e.